The number of carbonyl (C=O) groups excluding carboxylic acids is 1. The zero-order chi connectivity index (χ0) is 21.5. The minimum absolute atomic E-state index is 0.138. The molecular formula is C20H19Cl2N5O3. The van der Waals surface area contributed by atoms with Gasteiger partial charge in [0.05, 0.1) is 5.02 Å². The molecule has 0 aliphatic carbocycles. The molecule has 10 heteroatoms. The molecule has 1 amide bonds. The van der Waals surface area contributed by atoms with Gasteiger partial charge in [-0.15, -0.1) is 0 Å². The molecule has 0 unspecified atom stereocenters. The van der Waals surface area contributed by atoms with E-state index in [1.165, 1.54) is 18.0 Å². The van der Waals surface area contributed by atoms with E-state index in [-0.39, 0.29) is 24.0 Å². The van der Waals surface area contributed by atoms with Crippen molar-refractivity contribution in [2.75, 3.05) is 17.8 Å². The molecule has 4 N–H and O–H groups in total. The van der Waals surface area contributed by atoms with Crippen LogP contribution in [0.15, 0.2) is 48.8 Å². The number of aryl methyl sites for hydroxylation is 1. The molecule has 8 nitrogen and oxygen atoms in total. The monoisotopic (exact) mass is 447 g/mol. The lowest BCUT2D eigenvalue weighted by Crippen LogP contribution is -2.34. The fraction of sp³-hybridized carbons (Fsp3) is 0.150. The maximum absolute atomic E-state index is 12.0. The Morgan fingerprint density at radius 2 is 1.90 bits per heavy atom. The number of aromatic nitrogens is 2. The minimum atomic E-state index is -0.475. The van der Waals surface area contributed by atoms with Crippen LogP contribution < -0.4 is 26.1 Å². The third-order valence-electron chi connectivity index (χ3n) is 3.97. The summed E-state index contributed by atoms with van der Waals surface area (Å²) in [6, 6.07) is 12.3. The van der Waals surface area contributed by atoms with Crippen LogP contribution in [0.2, 0.25) is 10.0 Å². The van der Waals surface area contributed by atoms with Crippen molar-refractivity contribution < 1.29 is 14.3 Å². The predicted molar refractivity (Wildman–Crippen MR) is 116 cm³/mol. The molecular weight excluding hydrogens is 429 g/mol. The maximum atomic E-state index is 12.0. The Morgan fingerprint density at radius 1 is 1.13 bits per heavy atom. The van der Waals surface area contributed by atoms with Gasteiger partial charge in [-0.05, 0) is 42.3 Å². The van der Waals surface area contributed by atoms with Crippen molar-refractivity contribution in [1.29, 1.82) is 0 Å². The lowest BCUT2D eigenvalue weighted by atomic mass is 10.2. The molecule has 0 fully saturated rings. The molecule has 0 spiro atoms. The van der Waals surface area contributed by atoms with Gasteiger partial charge in [0.2, 0.25) is 5.88 Å². The number of halogens is 2. The number of hydrogen-bond acceptors (Lipinski definition) is 7. The molecule has 30 heavy (non-hydrogen) atoms. The Kier molecular flexibility index (Phi) is 7.16. The van der Waals surface area contributed by atoms with E-state index < -0.39 is 5.91 Å². The van der Waals surface area contributed by atoms with Crippen molar-refractivity contribution >= 4 is 40.6 Å². The normalized spacial score (nSPS) is 10.4. The third-order valence-corrected chi connectivity index (χ3v) is 4.50. The molecule has 0 saturated carbocycles. The first-order valence-corrected chi connectivity index (χ1v) is 9.71. The number of anilines is 2. The summed E-state index contributed by atoms with van der Waals surface area (Å²) in [4.78, 5) is 20.1. The van der Waals surface area contributed by atoms with Crippen molar-refractivity contribution in [3.63, 3.8) is 0 Å². The molecule has 3 rings (SSSR count). The molecule has 0 atom stereocenters. The fourth-order valence-electron chi connectivity index (χ4n) is 2.37. The average Bonchev–Trinajstić information content (AvgIpc) is 2.74. The number of nitrogens with zero attached hydrogens (tertiary/aromatic N) is 2. The molecule has 0 aliphatic heterocycles. The van der Waals surface area contributed by atoms with Gasteiger partial charge in [0.25, 0.3) is 5.91 Å². The molecule has 0 aliphatic rings. The molecule has 0 saturated heterocycles. The second-order valence-electron chi connectivity index (χ2n) is 6.08. The number of benzene rings is 2. The first-order chi connectivity index (χ1) is 14.5. The minimum Gasteiger partial charge on any atom is -0.482 e. The molecule has 1 heterocycles. The first-order valence-electron chi connectivity index (χ1n) is 8.96. The van der Waals surface area contributed by atoms with Gasteiger partial charge < -0.3 is 15.2 Å². The van der Waals surface area contributed by atoms with Crippen molar-refractivity contribution in [3.05, 3.63) is 64.4 Å². The summed E-state index contributed by atoms with van der Waals surface area (Å²) in [6.45, 7) is 1.78. The maximum Gasteiger partial charge on any atom is 0.276 e. The average molecular weight is 448 g/mol. The van der Waals surface area contributed by atoms with E-state index in [2.05, 4.69) is 27.7 Å². The Bertz CT molecular complexity index is 1030. The van der Waals surface area contributed by atoms with Gasteiger partial charge in [-0.3, -0.25) is 15.6 Å². The van der Waals surface area contributed by atoms with Crippen molar-refractivity contribution in [2.45, 2.75) is 13.3 Å². The van der Waals surface area contributed by atoms with Gasteiger partial charge >= 0.3 is 0 Å². The largest absolute Gasteiger partial charge is 0.482 e. The molecule has 156 valence electrons. The van der Waals surface area contributed by atoms with Crippen LogP contribution >= 0.6 is 23.2 Å². The van der Waals surface area contributed by atoms with Crippen molar-refractivity contribution in [1.82, 2.24) is 15.4 Å². The summed E-state index contributed by atoms with van der Waals surface area (Å²) < 4.78 is 11.1. The Morgan fingerprint density at radius 3 is 2.60 bits per heavy atom. The van der Waals surface area contributed by atoms with Gasteiger partial charge in [0.1, 0.15) is 23.5 Å². The van der Waals surface area contributed by atoms with E-state index in [9.17, 15) is 4.79 Å². The molecule has 2 aromatic carbocycles. The van der Waals surface area contributed by atoms with Gasteiger partial charge in [0.15, 0.2) is 12.4 Å². The van der Waals surface area contributed by atoms with Gasteiger partial charge in [0, 0.05) is 5.02 Å². The smallest absolute Gasteiger partial charge is 0.276 e. The number of nitrogens with two attached hydrogens (primary N) is 1. The van der Waals surface area contributed by atoms with Gasteiger partial charge in [-0.25, -0.2) is 4.98 Å². The summed E-state index contributed by atoms with van der Waals surface area (Å²) in [5, 5.41) is 0.772. The highest BCUT2D eigenvalue weighted by molar-refractivity contribution is 6.35. The number of nitrogens with one attached hydrogen (secondary N) is 2. The standard InChI is InChI=1S/C20H19Cl2N5O3/c1-2-12-3-6-14(7-4-12)30-20-18(23)19(24-11-25-20)27-26-17(28)10-29-16-8-5-13(21)9-15(16)22/h3-9,11H,2,10,23H2,1H3,(H,26,28)(H,24,25,27). The van der Waals surface area contributed by atoms with Crippen LogP contribution in [0.4, 0.5) is 11.5 Å². The van der Waals surface area contributed by atoms with Crippen molar-refractivity contribution in [2.24, 2.45) is 0 Å². The van der Waals surface area contributed by atoms with Crippen LogP contribution in [0.1, 0.15) is 12.5 Å². The highest BCUT2D eigenvalue weighted by Crippen LogP contribution is 2.29. The van der Waals surface area contributed by atoms with E-state index in [1.54, 1.807) is 12.1 Å². The zero-order valence-corrected chi connectivity index (χ0v) is 17.5. The van der Waals surface area contributed by atoms with E-state index in [1.807, 2.05) is 24.3 Å². The lowest BCUT2D eigenvalue weighted by molar-refractivity contribution is -0.122. The Hall–Kier alpha value is -3.23. The SMILES string of the molecule is CCc1ccc(Oc2ncnc(NNC(=O)COc3ccc(Cl)cc3Cl)c2N)cc1. The predicted octanol–water partition coefficient (Wildman–Crippen LogP) is 4.24. The first kappa shape index (κ1) is 21.5. The zero-order valence-electron chi connectivity index (χ0n) is 16.0. The summed E-state index contributed by atoms with van der Waals surface area (Å²) >= 11 is 11.8. The van der Waals surface area contributed by atoms with Gasteiger partial charge in [-0.1, -0.05) is 42.3 Å². The molecule has 0 radical (unpaired) electrons. The highest BCUT2D eigenvalue weighted by Gasteiger charge is 2.12. The van der Waals surface area contributed by atoms with Crippen molar-refractivity contribution in [3.8, 4) is 17.4 Å². The molecule has 3 aromatic rings. The summed E-state index contributed by atoms with van der Waals surface area (Å²) in [5.74, 6) is 0.790. The number of hydrogen-bond donors (Lipinski definition) is 3. The Labute approximate surface area is 183 Å². The Balaban J connectivity index is 1.57. The number of rotatable bonds is 8. The van der Waals surface area contributed by atoms with E-state index in [0.29, 0.717) is 21.5 Å². The summed E-state index contributed by atoms with van der Waals surface area (Å²) in [5.41, 5.74) is 12.4. The summed E-state index contributed by atoms with van der Waals surface area (Å²) in [7, 11) is 0. The van der Waals surface area contributed by atoms with Crippen LogP contribution in [0.3, 0.4) is 0 Å². The van der Waals surface area contributed by atoms with Gasteiger partial charge in [-0.2, -0.15) is 4.98 Å². The van der Waals surface area contributed by atoms with Crippen LogP contribution in [0.25, 0.3) is 0 Å². The van der Waals surface area contributed by atoms with Crippen LogP contribution in [-0.2, 0) is 11.2 Å². The number of hydrazine groups is 1. The number of carbonyl (C=O) groups is 1. The van der Waals surface area contributed by atoms with E-state index in [4.69, 9.17) is 38.4 Å². The highest BCUT2D eigenvalue weighted by atomic mass is 35.5. The quantitative estimate of drug-likeness (QED) is 0.442. The van der Waals surface area contributed by atoms with E-state index in [0.717, 1.165) is 6.42 Å². The molecule has 0 bridgehead atoms. The van der Waals surface area contributed by atoms with Crippen LogP contribution in [-0.4, -0.2) is 22.5 Å². The third kappa shape index (κ3) is 5.65. The lowest BCUT2D eigenvalue weighted by Gasteiger charge is -2.13. The van der Waals surface area contributed by atoms with E-state index >= 15 is 0 Å². The second-order valence-corrected chi connectivity index (χ2v) is 6.92. The number of amides is 1. The molecule has 1 aromatic heterocycles. The fourth-order valence-corrected chi connectivity index (χ4v) is 2.83. The van der Waals surface area contributed by atoms with Crippen LogP contribution in [0.5, 0.6) is 17.4 Å². The topological polar surface area (TPSA) is 111 Å². The summed E-state index contributed by atoms with van der Waals surface area (Å²) in [6.07, 6.45) is 2.20. The number of ether oxygens (including phenoxy) is 2. The van der Waals surface area contributed by atoms with Crippen LogP contribution in [0, 0.1) is 0 Å². The number of nitrogen functional groups attached to an aromatic ring is 1. The second kappa shape index (κ2) is 10.00.